The lowest BCUT2D eigenvalue weighted by Gasteiger charge is -2.31. The zero-order valence-electron chi connectivity index (χ0n) is 10.7. The van der Waals surface area contributed by atoms with Crippen LogP contribution in [0, 0.1) is 5.92 Å². The summed E-state index contributed by atoms with van der Waals surface area (Å²) < 4.78 is 5.33. The summed E-state index contributed by atoms with van der Waals surface area (Å²) in [5, 5.41) is 8.99. The largest absolute Gasteiger partial charge is 0.444 e. The molecule has 0 aromatic rings. The van der Waals surface area contributed by atoms with Gasteiger partial charge in [-0.2, -0.15) is 0 Å². The van der Waals surface area contributed by atoms with E-state index in [1.807, 2.05) is 27.7 Å². The van der Waals surface area contributed by atoms with Crippen LogP contribution in [0.4, 0.5) is 4.79 Å². The van der Waals surface area contributed by atoms with Gasteiger partial charge in [0.2, 0.25) is 0 Å². The number of aliphatic hydroxyl groups is 1. The van der Waals surface area contributed by atoms with Gasteiger partial charge in [0.25, 0.3) is 0 Å². The van der Waals surface area contributed by atoms with Crippen LogP contribution in [0.1, 0.15) is 40.5 Å². The number of carbonyl (C=O) groups excluding carboxylic acids is 1. The Hall–Kier alpha value is -0.770. The summed E-state index contributed by atoms with van der Waals surface area (Å²) in [4.78, 5) is 13.6. The lowest BCUT2D eigenvalue weighted by Crippen LogP contribution is -2.44. The molecule has 1 N–H and O–H groups in total. The summed E-state index contributed by atoms with van der Waals surface area (Å²) >= 11 is 0. The van der Waals surface area contributed by atoms with Crippen molar-refractivity contribution < 1.29 is 14.6 Å². The molecule has 1 aliphatic carbocycles. The molecule has 1 aliphatic rings. The van der Waals surface area contributed by atoms with E-state index in [0.29, 0.717) is 12.5 Å². The van der Waals surface area contributed by atoms with Crippen molar-refractivity contribution in [3.05, 3.63) is 0 Å². The molecule has 0 saturated heterocycles. The molecule has 0 bridgehead atoms. The van der Waals surface area contributed by atoms with E-state index in [1.54, 1.807) is 4.90 Å². The molecule has 0 spiro atoms. The third-order valence-corrected chi connectivity index (χ3v) is 2.76. The van der Waals surface area contributed by atoms with Crippen LogP contribution in [0.2, 0.25) is 0 Å². The Morgan fingerprint density at radius 1 is 1.50 bits per heavy atom. The smallest absolute Gasteiger partial charge is 0.410 e. The molecule has 0 heterocycles. The van der Waals surface area contributed by atoms with Crippen LogP contribution in [-0.2, 0) is 4.74 Å². The van der Waals surface area contributed by atoms with E-state index in [9.17, 15) is 4.79 Å². The average molecular weight is 229 g/mol. The molecular weight excluding hydrogens is 206 g/mol. The maximum atomic E-state index is 11.9. The van der Waals surface area contributed by atoms with E-state index >= 15 is 0 Å². The van der Waals surface area contributed by atoms with Crippen molar-refractivity contribution in [1.82, 2.24) is 4.90 Å². The number of nitrogens with zero attached hydrogens (tertiary/aromatic N) is 1. The quantitative estimate of drug-likeness (QED) is 0.802. The first-order chi connectivity index (χ1) is 7.35. The average Bonchev–Trinajstić information content (AvgIpc) is 2.92. The highest BCUT2D eigenvalue weighted by molar-refractivity contribution is 5.68. The van der Waals surface area contributed by atoms with Gasteiger partial charge in [-0.3, -0.25) is 0 Å². The van der Waals surface area contributed by atoms with E-state index < -0.39 is 5.60 Å². The Labute approximate surface area is 97.6 Å². The Morgan fingerprint density at radius 2 is 2.06 bits per heavy atom. The maximum Gasteiger partial charge on any atom is 0.410 e. The van der Waals surface area contributed by atoms with Crippen molar-refractivity contribution in [2.45, 2.75) is 52.2 Å². The molecule has 0 aliphatic heterocycles. The lowest BCUT2D eigenvalue weighted by atomic mass is 10.2. The second-order valence-electron chi connectivity index (χ2n) is 5.48. The van der Waals surface area contributed by atoms with E-state index in [-0.39, 0.29) is 18.7 Å². The van der Waals surface area contributed by atoms with Gasteiger partial charge >= 0.3 is 6.09 Å². The molecule has 4 heteroatoms. The molecule has 0 aromatic heterocycles. The van der Waals surface area contributed by atoms with Crippen LogP contribution >= 0.6 is 0 Å². The highest BCUT2D eigenvalue weighted by atomic mass is 16.6. The third kappa shape index (κ3) is 4.00. The minimum absolute atomic E-state index is 0.0176. The van der Waals surface area contributed by atoms with Crippen LogP contribution in [0.3, 0.4) is 0 Å². The zero-order chi connectivity index (χ0) is 12.3. The summed E-state index contributed by atoms with van der Waals surface area (Å²) in [5.41, 5.74) is -0.478. The van der Waals surface area contributed by atoms with Crippen molar-refractivity contribution >= 4 is 6.09 Å². The number of aliphatic hydroxyl groups excluding tert-OH is 1. The van der Waals surface area contributed by atoms with Gasteiger partial charge in [0.1, 0.15) is 5.60 Å². The first kappa shape index (κ1) is 13.3. The monoisotopic (exact) mass is 229 g/mol. The fourth-order valence-corrected chi connectivity index (χ4v) is 1.72. The molecule has 0 radical (unpaired) electrons. The first-order valence-electron chi connectivity index (χ1n) is 5.95. The number of hydrogen-bond acceptors (Lipinski definition) is 3. The van der Waals surface area contributed by atoms with Gasteiger partial charge in [0.15, 0.2) is 0 Å². The van der Waals surface area contributed by atoms with Crippen LogP contribution in [-0.4, -0.2) is 40.9 Å². The van der Waals surface area contributed by atoms with Gasteiger partial charge in [0, 0.05) is 12.6 Å². The van der Waals surface area contributed by atoms with E-state index in [4.69, 9.17) is 9.84 Å². The highest BCUT2D eigenvalue weighted by Gasteiger charge is 2.35. The third-order valence-electron chi connectivity index (χ3n) is 2.76. The van der Waals surface area contributed by atoms with Crippen molar-refractivity contribution in [3.63, 3.8) is 0 Å². The minimum Gasteiger partial charge on any atom is -0.444 e. The molecular formula is C12H23NO3. The molecule has 1 amide bonds. The second-order valence-corrected chi connectivity index (χ2v) is 5.48. The van der Waals surface area contributed by atoms with Gasteiger partial charge < -0.3 is 14.7 Å². The van der Waals surface area contributed by atoms with E-state index in [2.05, 4.69) is 0 Å². The van der Waals surface area contributed by atoms with Gasteiger partial charge in [0.05, 0.1) is 6.61 Å². The number of amides is 1. The summed E-state index contributed by atoms with van der Waals surface area (Å²) in [6.45, 7) is 7.91. The molecule has 1 rings (SSSR count). The predicted octanol–water partition coefficient (Wildman–Crippen LogP) is 2.01. The van der Waals surface area contributed by atoms with Gasteiger partial charge in [-0.25, -0.2) is 4.79 Å². The van der Waals surface area contributed by atoms with Gasteiger partial charge in [-0.15, -0.1) is 0 Å². The summed E-state index contributed by atoms with van der Waals surface area (Å²) in [7, 11) is 0. The summed E-state index contributed by atoms with van der Waals surface area (Å²) in [5.74, 6) is 0.582. The van der Waals surface area contributed by atoms with E-state index in [1.165, 1.54) is 12.8 Å². The maximum absolute atomic E-state index is 11.9. The second kappa shape index (κ2) is 5.04. The molecule has 4 nitrogen and oxygen atoms in total. The van der Waals surface area contributed by atoms with E-state index in [0.717, 1.165) is 0 Å². The standard InChI is InChI=1S/C12H23NO3/c1-9(10-5-6-10)13(7-8-14)11(15)16-12(2,3)4/h9-10,14H,5-8H2,1-4H3/t9-/m0/s1. The number of carbonyl (C=O) groups is 1. The predicted molar refractivity (Wildman–Crippen MR) is 62.2 cm³/mol. The van der Waals surface area contributed by atoms with Crippen LogP contribution in [0.15, 0.2) is 0 Å². The van der Waals surface area contributed by atoms with Crippen LogP contribution in [0.25, 0.3) is 0 Å². The Balaban J connectivity index is 2.57. The van der Waals surface area contributed by atoms with Gasteiger partial charge in [-0.1, -0.05) is 0 Å². The van der Waals surface area contributed by atoms with Crippen molar-refractivity contribution in [3.8, 4) is 0 Å². The first-order valence-corrected chi connectivity index (χ1v) is 5.95. The number of ether oxygens (including phenoxy) is 1. The molecule has 1 fully saturated rings. The molecule has 0 unspecified atom stereocenters. The topological polar surface area (TPSA) is 49.8 Å². The Kier molecular flexibility index (Phi) is 4.19. The molecule has 16 heavy (non-hydrogen) atoms. The number of hydrogen-bond donors (Lipinski definition) is 1. The SMILES string of the molecule is C[C@@H](C1CC1)N(CCO)C(=O)OC(C)(C)C. The minimum atomic E-state index is -0.478. The fourth-order valence-electron chi connectivity index (χ4n) is 1.72. The Bertz CT molecular complexity index is 243. The van der Waals surface area contributed by atoms with Crippen molar-refractivity contribution in [1.29, 1.82) is 0 Å². The fraction of sp³-hybridized carbons (Fsp3) is 0.917. The molecule has 94 valence electrons. The van der Waals surface area contributed by atoms with Crippen LogP contribution in [0.5, 0.6) is 0 Å². The summed E-state index contributed by atoms with van der Waals surface area (Å²) in [6, 6.07) is 0.169. The van der Waals surface area contributed by atoms with Gasteiger partial charge in [-0.05, 0) is 46.5 Å². The molecule has 0 aromatic carbocycles. The van der Waals surface area contributed by atoms with Crippen LogP contribution < -0.4 is 0 Å². The summed E-state index contributed by atoms with van der Waals surface area (Å²) in [6.07, 6.45) is 2.03. The lowest BCUT2D eigenvalue weighted by molar-refractivity contribution is 0.0118. The Morgan fingerprint density at radius 3 is 2.44 bits per heavy atom. The van der Waals surface area contributed by atoms with Crippen molar-refractivity contribution in [2.24, 2.45) is 5.92 Å². The number of rotatable bonds is 4. The van der Waals surface area contributed by atoms with Crippen molar-refractivity contribution in [2.75, 3.05) is 13.2 Å². The molecule has 1 saturated carbocycles. The normalized spacial score (nSPS) is 18.1. The highest BCUT2D eigenvalue weighted by Crippen LogP contribution is 2.35. The zero-order valence-corrected chi connectivity index (χ0v) is 10.7. The molecule has 1 atom stereocenters.